The molecule has 0 bridgehead atoms. The number of nitrogens with one attached hydrogen (secondary N) is 8. The van der Waals surface area contributed by atoms with Gasteiger partial charge in [0.15, 0.2) is 5.78 Å². The third-order valence-electron chi connectivity index (χ3n) is 13.0. The fraction of sp³-hybridized carbons (Fsp3) is 0.736. The number of carboxylic acids is 1. The number of benzene rings is 1. The minimum atomic E-state index is -1.17. The maximum Gasteiger partial charge on any atom is 0.407 e. The van der Waals surface area contributed by atoms with Crippen molar-refractivity contribution in [2.45, 2.75) is 254 Å². The van der Waals surface area contributed by atoms with Crippen molar-refractivity contribution in [3.63, 3.8) is 0 Å². The van der Waals surface area contributed by atoms with Gasteiger partial charge in [0.2, 0.25) is 35.4 Å². The van der Waals surface area contributed by atoms with Gasteiger partial charge in [-0.2, -0.15) is 0 Å². The molecule has 1 aromatic rings. The highest BCUT2D eigenvalue weighted by Gasteiger charge is 2.33. The summed E-state index contributed by atoms with van der Waals surface area (Å²) in [7, 11) is 7.15. The van der Waals surface area contributed by atoms with Gasteiger partial charge in [-0.05, 0) is 67.1 Å². The predicted molar refractivity (Wildman–Crippen MR) is 407 cm³/mol. The van der Waals surface area contributed by atoms with Crippen LogP contribution in [0.15, 0.2) is 35.4 Å². The lowest BCUT2D eigenvalue weighted by molar-refractivity contribution is -0.134. The largest absolute Gasteiger partial charge is 0.478 e. The van der Waals surface area contributed by atoms with E-state index in [1.165, 1.54) is 6.92 Å². The second kappa shape index (κ2) is 45.4. The van der Waals surface area contributed by atoms with E-state index in [1.54, 1.807) is 66.6 Å². The second-order valence-electron chi connectivity index (χ2n) is 33.0. The fourth-order valence-corrected chi connectivity index (χ4v) is 11.3. The molecule has 0 aliphatic heterocycles. The average Bonchev–Trinajstić information content (AvgIpc) is 0.879. The molecule has 0 saturated heterocycles. The molecule has 22 nitrogen and oxygen atoms in total. The van der Waals surface area contributed by atoms with Gasteiger partial charge in [0, 0.05) is 112 Å². The highest BCUT2D eigenvalue weighted by Crippen LogP contribution is 2.35. The summed E-state index contributed by atoms with van der Waals surface area (Å²) in [6.07, 6.45) is 1.13. The zero-order valence-corrected chi connectivity index (χ0v) is 68.0. The number of carboxylic acid groups (broad SMARTS) is 1. The first-order valence-corrected chi connectivity index (χ1v) is 38.3. The quantitative estimate of drug-likeness (QED) is 0.0143. The zero-order valence-electron chi connectivity index (χ0n) is 64.7. The van der Waals surface area contributed by atoms with Crippen LogP contribution in [0.3, 0.4) is 0 Å². The number of hydrogen-bond donors (Lipinski definition) is 10. The lowest BCUT2D eigenvalue weighted by Gasteiger charge is -2.27. The maximum absolute atomic E-state index is 13.3. The normalized spacial score (nSPS) is 12.9. The van der Waals surface area contributed by atoms with Crippen LogP contribution in [0, 0.1) is 44.3 Å². The number of aliphatic carboxylic acids is 1. The van der Waals surface area contributed by atoms with E-state index in [1.807, 2.05) is 139 Å². The Labute approximate surface area is 605 Å². The van der Waals surface area contributed by atoms with Crippen LogP contribution in [0.4, 0.5) is 15.3 Å². The van der Waals surface area contributed by atoms with Gasteiger partial charge in [0.25, 0.3) is 0 Å². The number of nitrogens with two attached hydrogens (primary N) is 1. The van der Waals surface area contributed by atoms with Crippen LogP contribution in [0.5, 0.6) is 0 Å². The number of rotatable bonds is 31. The minimum absolute atomic E-state index is 0.0448. The van der Waals surface area contributed by atoms with E-state index in [4.69, 9.17) is 10.5 Å². The number of anilines is 1. The Balaban J connectivity index is -0.00000136. The van der Waals surface area contributed by atoms with Crippen molar-refractivity contribution >= 4 is 114 Å². The monoisotopic (exact) mass is 1460 g/mol. The first kappa shape index (κ1) is 96.7. The molecule has 2 atom stereocenters. The van der Waals surface area contributed by atoms with Crippen LogP contribution in [0.1, 0.15) is 237 Å². The number of carbonyl (C=O) groups is 11. The van der Waals surface area contributed by atoms with Gasteiger partial charge < -0.3 is 58.1 Å². The van der Waals surface area contributed by atoms with Gasteiger partial charge >= 0.3 is 18.1 Å². The van der Waals surface area contributed by atoms with Gasteiger partial charge in [0.05, 0.1) is 11.9 Å². The summed E-state index contributed by atoms with van der Waals surface area (Å²) >= 11 is 0. The molecule has 26 heteroatoms. The molecule has 11 N–H and O–H groups in total. The number of ether oxygens (including phenoxy) is 1. The Kier molecular flexibility index (Phi) is 44.8. The number of amides is 9. The summed E-state index contributed by atoms with van der Waals surface area (Å²) in [6.45, 7) is 54.7. The van der Waals surface area contributed by atoms with Crippen LogP contribution in [0.2, 0.25) is 0 Å². The van der Waals surface area contributed by atoms with Crippen molar-refractivity contribution in [1.82, 2.24) is 37.2 Å². The Morgan fingerprint density at radius 3 is 1.45 bits per heavy atom. The van der Waals surface area contributed by atoms with Crippen molar-refractivity contribution in [1.29, 1.82) is 0 Å². The summed E-state index contributed by atoms with van der Waals surface area (Å²) in [6, 6.07) is 5.46. The summed E-state index contributed by atoms with van der Waals surface area (Å²) in [5, 5.41) is 31.5. The Morgan fingerprint density at radius 1 is 0.541 bits per heavy atom. The van der Waals surface area contributed by atoms with E-state index in [9.17, 15) is 57.8 Å². The molecule has 1 aromatic carbocycles. The number of alkyl carbamates (subject to hydrolysis) is 1. The number of carbonyl (C=O) groups excluding carboxylic acids is 10. The minimum Gasteiger partial charge on any atom is -0.478 e. The zero-order chi connectivity index (χ0) is 77.0. The molecule has 0 radical (unpaired) electrons. The van der Waals surface area contributed by atoms with E-state index in [0.717, 1.165) is 17.9 Å². The van der Waals surface area contributed by atoms with Crippen LogP contribution >= 0.6 is 43.2 Å². The third kappa shape index (κ3) is 52.5. The van der Waals surface area contributed by atoms with Crippen LogP contribution in [0.25, 0.3) is 0 Å². The maximum atomic E-state index is 13.3. The highest BCUT2D eigenvalue weighted by atomic mass is 33.1. The predicted octanol–water partition coefficient (Wildman–Crippen LogP) is 13.6. The molecule has 0 spiro atoms. The Morgan fingerprint density at radius 2 is 1.00 bits per heavy atom. The van der Waals surface area contributed by atoms with Crippen LogP contribution in [-0.2, 0) is 54.5 Å². The molecule has 0 fully saturated rings. The van der Waals surface area contributed by atoms with E-state index in [0.29, 0.717) is 55.2 Å². The molecule has 0 aliphatic rings. The first-order chi connectivity index (χ1) is 44.3. The molecule has 98 heavy (non-hydrogen) atoms. The smallest absolute Gasteiger partial charge is 0.407 e. The van der Waals surface area contributed by atoms with E-state index in [-0.39, 0.29) is 123 Å². The van der Waals surface area contributed by atoms with Crippen molar-refractivity contribution in [3.8, 4) is 0 Å². The third-order valence-corrected chi connectivity index (χ3v) is 19.4. The summed E-state index contributed by atoms with van der Waals surface area (Å²) in [4.78, 5) is 133. The highest BCUT2D eigenvalue weighted by molar-refractivity contribution is 8.77. The van der Waals surface area contributed by atoms with Crippen LogP contribution < -0.4 is 48.3 Å². The molecule has 0 aromatic heterocycles. The van der Waals surface area contributed by atoms with E-state index < -0.39 is 46.8 Å². The molecule has 0 aliphatic carbocycles. The molecular formula is C72H129N9O13S4. The molecule has 9 amide bonds. The number of primary amides is 1. The Bertz CT molecular complexity index is 2720. The number of urea groups is 1. The molecule has 2 unspecified atom stereocenters. The SMILES string of the molecule is C/C(C(=O)O)=C(\CCC(=O)CCCNC(=O)C(C)(C)C)C(=O)NCC(C)(C)C.CC(C)(C)SSCCNC(=O)C(C)(C)C.CC(C)(C)SSCNC(=O)C(C)(C)C.CC(C)C(NC(=O)C(C)(C)C)C(=O)CC(CCCNC(N)=O)C(=O)Nc1ccc(COC(=O)NCC(C)(C)C)cc1. The van der Waals surface area contributed by atoms with E-state index >= 15 is 0 Å². The first-order valence-electron chi connectivity index (χ1n) is 33.7. The fourth-order valence-electron chi connectivity index (χ4n) is 7.15. The average molecular weight is 1460 g/mol. The van der Waals surface area contributed by atoms with Gasteiger partial charge in [-0.1, -0.05) is 235 Å². The Hall–Kier alpha value is -5.47. The lowest BCUT2D eigenvalue weighted by Crippen LogP contribution is -2.49. The summed E-state index contributed by atoms with van der Waals surface area (Å²) in [5.41, 5.74) is 4.59. The number of Topliss-reactive ketones (excluding diaryl/α,β-unsaturated/α-hetero) is 2. The summed E-state index contributed by atoms with van der Waals surface area (Å²) < 4.78 is 5.78. The van der Waals surface area contributed by atoms with Crippen molar-refractivity contribution < 1.29 is 62.6 Å². The molecule has 564 valence electrons. The molecule has 1 rings (SSSR count). The molecule has 0 saturated carbocycles. The second-order valence-corrected chi connectivity index (χ2v) is 39.3. The standard InChI is InChI=1S/C30H49N5O6.C21H36N2O5.C11H23NOS2.C10H21NOS2/c1-19(2)24(35-26(38)30(6,7)8)23(36)16-21(10-9-15-32-27(31)39)25(37)34-22-13-11-20(12-14-22)17-41-28(40)33-18-29(3,4)5;1-14(18(26)27)16(17(25)23-13-20(2,3)4)11-10-15(24)9-8-12-22-19(28)21(5,6)7;1-10(2,3)9(13)12-7-8-14-15-11(4,5)6;1-9(2,3)8(12)11-7-13-14-10(4,5)6/h11-14,19,21,24H,9-10,15-18H2,1-8H3,(H,33,40)(H,34,37)(H,35,38)(H3,31,32,39);8-13H2,1-7H3,(H,22,28)(H,23,25)(H,26,27);7-8H2,1-6H3,(H,12,13);7H2,1-6H3,(H,11,12)/b;16-14-;;. The number of ketones is 2. The van der Waals surface area contributed by atoms with Crippen molar-refractivity contribution in [2.75, 3.05) is 49.7 Å². The van der Waals surface area contributed by atoms with Gasteiger partial charge in [0.1, 0.15) is 12.4 Å². The molecular weight excluding hydrogens is 1330 g/mol. The van der Waals surface area contributed by atoms with Crippen molar-refractivity contribution in [3.05, 3.63) is 41.0 Å². The van der Waals surface area contributed by atoms with Gasteiger partial charge in [-0.25, -0.2) is 14.4 Å². The van der Waals surface area contributed by atoms with Gasteiger partial charge in [-0.3, -0.25) is 38.4 Å². The van der Waals surface area contributed by atoms with E-state index in [2.05, 4.69) is 84.1 Å². The van der Waals surface area contributed by atoms with Crippen LogP contribution in [-0.4, -0.2) is 130 Å². The lowest BCUT2D eigenvalue weighted by atomic mass is 9.88. The van der Waals surface area contributed by atoms with Gasteiger partial charge in [-0.15, -0.1) is 0 Å². The topological polar surface area (TPSA) is 339 Å². The summed E-state index contributed by atoms with van der Waals surface area (Å²) in [5.74, 6) is -1.57. The van der Waals surface area contributed by atoms with Crippen molar-refractivity contribution in [2.24, 2.45) is 50.1 Å². The molecule has 0 heterocycles. The number of hydrogen-bond acceptors (Lipinski definition) is 16.